The van der Waals surface area contributed by atoms with Crippen LogP contribution >= 0.6 is 0 Å². The van der Waals surface area contributed by atoms with Crippen LogP contribution in [0.2, 0.25) is 0 Å². The molecule has 3 N–H and O–H groups in total. The Morgan fingerprint density at radius 3 is 2.44 bits per heavy atom. The number of nitrogens with one attached hydrogen (secondary N) is 3. The highest BCUT2D eigenvalue weighted by Gasteiger charge is 2.11. The van der Waals surface area contributed by atoms with Gasteiger partial charge in [-0.2, -0.15) is 0 Å². The highest BCUT2D eigenvalue weighted by molar-refractivity contribution is 5.83. The highest BCUT2D eigenvalue weighted by atomic mass is 16.2. The number of amides is 2. The number of likely N-dealkylation sites (N-methyl/N-ethyl adjacent to an activating group) is 1. The fraction of sp³-hybridized carbons (Fsp3) is 0.818. The fourth-order valence-electron chi connectivity index (χ4n) is 1.13. The van der Waals surface area contributed by atoms with Crippen LogP contribution in [0.3, 0.4) is 0 Å². The summed E-state index contributed by atoms with van der Waals surface area (Å²) in [6, 6.07) is -0.336. The highest BCUT2D eigenvalue weighted by Crippen LogP contribution is 1.83. The Labute approximate surface area is 97.4 Å². The van der Waals surface area contributed by atoms with Crippen molar-refractivity contribution in [3.8, 4) is 0 Å². The van der Waals surface area contributed by atoms with Crippen molar-refractivity contribution < 1.29 is 9.59 Å². The Morgan fingerprint density at radius 2 is 1.88 bits per heavy atom. The maximum absolute atomic E-state index is 11.3. The predicted molar refractivity (Wildman–Crippen MR) is 64.1 cm³/mol. The monoisotopic (exact) mass is 229 g/mol. The van der Waals surface area contributed by atoms with Crippen molar-refractivity contribution in [1.82, 2.24) is 16.0 Å². The predicted octanol–water partition coefficient (Wildman–Crippen LogP) is 0.0169. The Balaban J connectivity index is 3.62. The molecule has 0 bridgehead atoms. The zero-order chi connectivity index (χ0) is 12.4. The van der Waals surface area contributed by atoms with Crippen molar-refractivity contribution in [2.45, 2.75) is 39.7 Å². The van der Waals surface area contributed by atoms with Gasteiger partial charge in [0.05, 0.1) is 12.6 Å². The number of rotatable bonds is 8. The van der Waals surface area contributed by atoms with Gasteiger partial charge in [0, 0.05) is 13.1 Å². The molecule has 0 saturated heterocycles. The third-order valence-electron chi connectivity index (χ3n) is 2.17. The summed E-state index contributed by atoms with van der Waals surface area (Å²) in [4.78, 5) is 22.6. The van der Waals surface area contributed by atoms with Gasteiger partial charge in [-0.15, -0.1) is 0 Å². The van der Waals surface area contributed by atoms with E-state index in [4.69, 9.17) is 0 Å². The summed E-state index contributed by atoms with van der Waals surface area (Å²) < 4.78 is 0. The lowest BCUT2D eigenvalue weighted by Gasteiger charge is -2.12. The molecule has 0 aromatic rings. The van der Waals surface area contributed by atoms with Gasteiger partial charge in [-0.1, -0.05) is 13.3 Å². The average Bonchev–Trinajstić information content (AvgIpc) is 2.26. The van der Waals surface area contributed by atoms with E-state index in [9.17, 15) is 9.59 Å². The van der Waals surface area contributed by atoms with Gasteiger partial charge in [0.15, 0.2) is 0 Å². The summed E-state index contributed by atoms with van der Waals surface area (Å²) in [7, 11) is 0. The molecule has 0 heterocycles. The summed E-state index contributed by atoms with van der Waals surface area (Å²) in [5.41, 5.74) is 0. The number of carbonyl (C=O) groups excluding carboxylic acids is 2. The molecule has 0 aromatic heterocycles. The van der Waals surface area contributed by atoms with Crippen molar-refractivity contribution in [2.75, 3.05) is 19.6 Å². The zero-order valence-electron chi connectivity index (χ0n) is 10.4. The van der Waals surface area contributed by atoms with Gasteiger partial charge in [0.25, 0.3) is 0 Å². The van der Waals surface area contributed by atoms with E-state index in [2.05, 4.69) is 22.9 Å². The van der Waals surface area contributed by atoms with Crippen LogP contribution in [0.25, 0.3) is 0 Å². The van der Waals surface area contributed by atoms with Crippen LogP contribution in [0.15, 0.2) is 0 Å². The Bertz CT molecular complexity index is 219. The first-order valence-electron chi connectivity index (χ1n) is 5.89. The van der Waals surface area contributed by atoms with E-state index in [1.807, 2.05) is 6.92 Å². The molecule has 0 rings (SSSR count). The van der Waals surface area contributed by atoms with Gasteiger partial charge in [-0.05, 0) is 20.3 Å². The fourth-order valence-corrected chi connectivity index (χ4v) is 1.13. The molecule has 0 aromatic carbocycles. The van der Waals surface area contributed by atoms with E-state index in [-0.39, 0.29) is 24.4 Å². The molecule has 5 nitrogen and oxygen atoms in total. The Kier molecular flexibility index (Phi) is 8.52. The second kappa shape index (κ2) is 9.15. The average molecular weight is 229 g/mol. The van der Waals surface area contributed by atoms with Gasteiger partial charge in [-0.3, -0.25) is 14.9 Å². The molecule has 0 aliphatic carbocycles. The molecular weight excluding hydrogens is 206 g/mol. The molecule has 0 aliphatic rings. The summed E-state index contributed by atoms with van der Waals surface area (Å²) in [6.07, 6.45) is 2.04. The van der Waals surface area contributed by atoms with Gasteiger partial charge >= 0.3 is 0 Å². The standard InChI is InChI=1S/C11H23N3O2/c1-4-6-7-13-10(15)8-14-9(3)11(16)12-5-2/h9,14H,4-8H2,1-3H3,(H,12,16)(H,13,15). The van der Waals surface area contributed by atoms with Crippen LogP contribution in [0.4, 0.5) is 0 Å². The number of unbranched alkanes of at least 4 members (excludes halogenated alkanes) is 1. The van der Waals surface area contributed by atoms with Crippen molar-refractivity contribution in [3.63, 3.8) is 0 Å². The molecule has 0 spiro atoms. The van der Waals surface area contributed by atoms with Crippen molar-refractivity contribution in [2.24, 2.45) is 0 Å². The molecule has 1 atom stereocenters. The third-order valence-corrected chi connectivity index (χ3v) is 2.17. The first-order valence-corrected chi connectivity index (χ1v) is 5.89. The van der Waals surface area contributed by atoms with Crippen molar-refractivity contribution in [1.29, 1.82) is 0 Å². The lowest BCUT2D eigenvalue weighted by Crippen LogP contribution is -2.46. The van der Waals surface area contributed by atoms with E-state index in [0.717, 1.165) is 12.8 Å². The maximum Gasteiger partial charge on any atom is 0.236 e. The molecule has 0 aliphatic heterocycles. The number of hydrogen-bond donors (Lipinski definition) is 3. The van der Waals surface area contributed by atoms with E-state index in [1.54, 1.807) is 6.92 Å². The molecular formula is C11H23N3O2. The van der Waals surface area contributed by atoms with E-state index >= 15 is 0 Å². The van der Waals surface area contributed by atoms with E-state index < -0.39 is 0 Å². The normalized spacial score (nSPS) is 11.9. The topological polar surface area (TPSA) is 70.2 Å². The summed E-state index contributed by atoms with van der Waals surface area (Å²) in [6.45, 7) is 7.16. The maximum atomic E-state index is 11.3. The van der Waals surface area contributed by atoms with E-state index in [0.29, 0.717) is 13.1 Å². The SMILES string of the molecule is CCCCNC(=O)CNC(C)C(=O)NCC. The van der Waals surface area contributed by atoms with Crippen molar-refractivity contribution >= 4 is 11.8 Å². The zero-order valence-corrected chi connectivity index (χ0v) is 10.4. The van der Waals surface area contributed by atoms with Gasteiger partial charge in [0.2, 0.25) is 11.8 Å². The second-order valence-electron chi connectivity index (χ2n) is 3.70. The second-order valence-corrected chi connectivity index (χ2v) is 3.70. The van der Waals surface area contributed by atoms with Crippen molar-refractivity contribution in [3.05, 3.63) is 0 Å². The number of hydrogen-bond acceptors (Lipinski definition) is 3. The molecule has 0 saturated carbocycles. The van der Waals surface area contributed by atoms with E-state index in [1.165, 1.54) is 0 Å². The molecule has 0 radical (unpaired) electrons. The van der Waals surface area contributed by atoms with Gasteiger partial charge < -0.3 is 10.6 Å². The molecule has 5 heteroatoms. The minimum absolute atomic E-state index is 0.0652. The van der Waals surface area contributed by atoms with Crippen LogP contribution < -0.4 is 16.0 Å². The minimum atomic E-state index is -0.336. The molecule has 0 fully saturated rings. The lowest BCUT2D eigenvalue weighted by molar-refractivity contribution is -0.123. The Morgan fingerprint density at radius 1 is 1.19 bits per heavy atom. The van der Waals surface area contributed by atoms with Crippen LogP contribution in [0.5, 0.6) is 0 Å². The smallest absolute Gasteiger partial charge is 0.236 e. The summed E-state index contributed by atoms with van der Waals surface area (Å²) >= 11 is 0. The molecule has 94 valence electrons. The summed E-state index contributed by atoms with van der Waals surface area (Å²) in [5.74, 6) is -0.145. The van der Waals surface area contributed by atoms with Gasteiger partial charge in [-0.25, -0.2) is 0 Å². The van der Waals surface area contributed by atoms with Gasteiger partial charge in [0.1, 0.15) is 0 Å². The van der Waals surface area contributed by atoms with Crippen LogP contribution in [-0.4, -0.2) is 37.5 Å². The minimum Gasteiger partial charge on any atom is -0.355 e. The quantitative estimate of drug-likeness (QED) is 0.514. The first-order chi connectivity index (χ1) is 7.61. The first kappa shape index (κ1) is 14.9. The lowest BCUT2D eigenvalue weighted by atomic mass is 10.3. The molecule has 2 amide bonds. The van der Waals surface area contributed by atoms with Crippen LogP contribution in [-0.2, 0) is 9.59 Å². The van der Waals surface area contributed by atoms with Crippen LogP contribution in [0.1, 0.15) is 33.6 Å². The Hall–Kier alpha value is -1.10. The van der Waals surface area contributed by atoms with Crippen LogP contribution in [0, 0.1) is 0 Å². The number of carbonyl (C=O) groups is 2. The third kappa shape index (κ3) is 7.23. The molecule has 16 heavy (non-hydrogen) atoms. The molecule has 1 unspecified atom stereocenters. The largest absolute Gasteiger partial charge is 0.355 e. The summed E-state index contributed by atoms with van der Waals surface area (Å²) in [5, 5.41) is 8.33.